The highest BCUT2D eigenvalue weighted by Crippen LogP contribution is 2.36. The van der Waals surface area contributed by atoms with Crippen molar-refractivity contribution in [1.82, 2.24) is 34.8 Å². The van der Waals surface area contributed by atoms with Crippen molar-refractivity contribution in [3.63, 3.8) is 0 Å². The van der Waals surface area contributed by atoms with Crippen LogP contribution in [0.2, 0.25) is 5.02 Å². The van der Waals surface area contributed by atoms with Crippen LogP contribution in [0.1, 0.15) is 92.4 Å². The number of amides is 2. The molecule has 5 aromatic rings. The number of carbonyl (C=O) groups is 3. The number of piperidine rings is 1. The first-order valence-corrected chi connectivity index (χ1v) is 18.9. The molecule has 0 radical (unpaired) electrons. The topological polar surface area (TPSA) is 127 Å². The summed E-state index contributed by atoms with van der Waals surface area (Å²) in [6.45, 7) is 5.70. The van der Waals surface area contributed by atoms with Gasteiger partial charge in [0.05, 0.1) is 28.4 Å². The van der Waals surface area contributed by atoms with Crippen LogP contribution in [0.5, 0.6) is 0 Å². The van der Waals surface area contributed by atoms with Crippen molar-refractivity contribution in [3.8, 4) is 16.8 Å². The SMILES string of the molecule is Cc1c(C#Cc2cnn(CCCCCc3cccc(C=O)c3CN(C)C3CCC(=O)NC3=O)c2)sc2c1C(c1ccc(Cl)cc1)=NCc1nnc(C)n1-2. The monoisotopic (exact) mass is 746 g/mol. The molecule has 2 aromatic carbocycles. The largest absolute Gasteiger partial charge is 0.298 e. The first kappa shape index (κ1) is 36.2. The van der Waals surface area contributed by atoms with E-state index in [2.05, 4.69) is 50.0 Å². The Labute approximate surface area is 317 Å². The summed E-state index contributed by atoms with van der Waals surface area (Å²) in [4.78, 5) is 43.8. The Hall–Kier alpha value is -5.22. The van der Waals surface area contributed by atoms with Gasteiger partial charge in [0, 0.05) is 47.4 Å². The Morgan fingerprint density at radius 3 is 2.70 bits per heavy atom. The third-order valence-electron chi connectivity index (χ3n) is 9.83. The van der Waals surface area contributed by atoms with E-state index in [1.54, 1.807) is 17.5 Å². The van der Waals surface area contributed by atoms with Gasteiger partial charge in [-0.3, -0.25) is 38.8 Å². The van der Waals surface area contributed by atoms with Gasteiger partial charge in [-0.2, -0.15) is 5.10 Å². The van der Waals surface area contributed by atoms with Gasteiger partial charge in [0.15, 0.2) is 5.82 Å². The summed E-state index contributed by atoms with van der Waals surface area (Å²) < 4.78 is 4.02. The second kappa shape index (κ2) is 15.8. The van der Waals surface area contributed by atoms with E-state index in [4.69, 9.17) is 16.6 Å². The number of benzene rings is 2. The number of hydrogen-bond acceptors (Lipinski definition) is 9. The van der Waals surface area contributed by atoms with Crippen molar-refractivity contribution in [2.24, 2.45) is 4.99 Å². The number of aryl methyl sites for hydroxylation is 3. The fourth-order valence-corrected chi connectivity index (χ4v) is 8.36. The predicted octanol–water partition coefficient (Wildman–Crippen LogP) is 6.01. The molecule has 0 spiro atoms. The molecule has 1 atom stereocenters. The molecule has 7 rings (SSSR count). The molecule has 1 fully saturated rings. The number of nitrogens with one attached hydrogen (secondary N) is 1. The maximum atomic E-state index is 12.4. The van der Waals surface area contributed by atoms with Gasteiger partial charge in [-0.25, -0.2) is 0 Å². The standard InChI is InChI=1S/C40H39ClN8O3S/c1-25-34(53-40-37(25)38(29-12-14-31(41)15-13-29)42-21-35-46-45-26(2)49(35)40)17-11-27-20-43-48(22-27)19-6-4-5-8-28-9-7-10-30(24-50)32(28)23-47(3)33-16-18-36(51)44-39(33)52/h7,9-10,12-15,20,22,24,33H,4-6,8,16,18-19,21,23H2,1-3H3,(H,44,51,52). The number of thiophene rings is 1. The van der Waals surface area contributed by atoms with Gasteiger partial charge in [-0.1, -0.05) is 60.2 Å². The Morgan fingerprint density at radius 2 is 1.91 bits per heavy atom. The minimum absolute atomic E-state index is 0.238. The number of rotatable bonds is 11. The number of halogens is 1. The van der Waals surface area contributed by atoms with Gasteiger partial charge in [-0.15, -0.1) is 21.5 Å². The molecule has 53 heavy (non-hydrogen) atoms. The van der Waals surface area contributed by atoms with Crippen LogP contribution in [-0.2, 0) is 35.6 Å². The van der Waals surface area contributed by atoms with Crippen molar-refractivity contribution >= 4 is 46.7 Å². The van der Waals surface area contributed by atoms with Crippen LogP contribution >= 0.6 is 22.9 Å². The predicted molar refractivity (Wildman–Crippen MR) is 205 cm³/mol. The van der Waals surface area contributed by atoms with Crippen molar-refractivity contribution in [1.29, 1.82) is 0 Å². The molecule has 1 unspecified atom stereocenters. The summed E-state index contributed by atoms with van der Waals surface area (Å²) in [6.07, 6.45) is 9.15. The number of nitrogens with zero attached hydrogens (tertiary/aromatic N) is 7. The van der Waals surface area contributed by atoms with E-state index < -0.39 is 6.04 Å². The minimum atomic E-state index is -0.400. The van der Waals surface area contributed by atoms with E-state index in [0.717, 1.165) is 99.1 Å². The maximum absolute atomic E-state index is 12.4. The number of likely N-dealkylation sites (N-methyl/N-ethyl adjacent to an activating group) is 1. The molecule has 0 aliphatic carbocycles. The van der Waals surface area contributed by atoms with Crippen LogP contribution < -0.4 is 5.32 Å². The van der Waals surface area contributed by atoms with Crippen LogP contribution in [-0.4, -0.2) is 66.3 Å². The lowest BCUT2D eigenvalue weighted by molar-refractivity contribution is -0.137. The fraction of sp³-hybridized carbons (Fsp3) is 0.325. The van der Waals surface area contributed by atoms with E-state index in [0.29, 0.717) is 36.5 Å². The quantitative estimate of drug-likeness (QED) is 0.0760. The third kappa shape index (κ3) is 7.78. The molecule has 1 N–H and O–H groups in total. The average Bonchev–Trinajstić information content (AvgIpc) is 3.81. The second-order valence-corrected chi connectivity index (χ2v) is 14.9. The molecule has 0 saturated carbocycles. The first-order chi connectivity index (χ1) is 25.7. The number of imide groups is 1. The Morgan fingerprint density at radius 1 is 1.08 bits per heavy atom. The average molecular weight is 747 g/mol. The lowest BCUT2D eigenvalue weighted by Crippen LogP contribution is -2.51. The van der Waals surface area contributed by atoms with Crippen molar-refractivity contribution in [3.05, 3.63) is 115 Å². The Balaban J connectivity index is 0.990. The van der Waals surface area contributed by atoms with E-state index >= 15 is 0 Å². The van der Waals surface area contributed by atoms with Crippen molar-refractivity contribution in [2.75, 3.05) is 7.05 Å². The number of aliphatic imine (C=N–C) groups is 1. The summed E-state index contributed by atoms with van der Waals surface area (Å²) in [5.74, 6) is 7.83. The third-order valence-corrected chi connectivity index (χ3v) is 11.3. The number of fused-ring (bicyclic) bond motifs is 3. The van der Waals surface area contributed by atoms with Crippen LogP contribution in [0.25, 0.3) is 5.00 Å². The molecule has 11 nitrogen and oxygen atoms in total. The summed E-state index contributed by atoms with van der Waals surface area (Å²) in [5, 5.41) is 17.4. The van der Waals surface area contributed by atoms with E-state index in [1.807, 2.05) is 66.1 Å². The molecule has 5 heterocycles. The lowest BCUT2D eigenvalue weighted by Gasteiger charge is -2.30. The summed E-state index contributed by atoms with van der Waals surface area (Å²) >= 11 is 7.82. The molecule has 2 amide bonds. The minimum Gasteiger partial charge on any atom is -0.298 e. The van der Waals surface area contributed by atoms with Crippen LogP contribution in [0.4, 0.5) is 0 Å². The Kier molecular flexibility index (Phi) is 10.8. The zero-order chi connectivity index (χ0) is 37.1. The van der Waals surface area contributed by atoms with Gasteiger partial charge in [-0.05, 0) is 75.4 Å². The van der Waals surface area contributed by atoms with E-state index in [-0.39, 0.29) is 11.8 Å². The number of carbonyl (C=O) groups excluding carboxylic acids is 3. The second-order valence-electron chi connectivity index (χ2n) is 13.4. The summed E-state index contributed by atoms with van der Waals surface area (Å²) in [6, 6.07) is 13.1. The first-order valence-electron chi connectivity index (χ1n) is 17.7. The van der Waals surface area contributed by atoms with E-state index in [9.17, 15) is 14.4 Å². The molecular formula is C40H39ClN8O3S. The highest BCUT2D eigenvalue weighted by Gasteiger charge is 2.31. The molecule has 13 heteroatoms. The van der Waals surface area contributed by atoms with Gasteiger partial charge in [0.25, 0.3) is 0 Å². The van der Waals surface area contributed by atoms with Crippen molar-refractivity contribution < 1.29 is 14.4 Å². The van der Waals surface area contributed by atoms with Gasteiger partial charge < -0.3 is 0 Å². The Bertz CT molecular complexity index is 2290. The van der Waals surface area contributed by atoms with Crippen molar-refractivity contribution in [2.45, 2.75) is 78.0 Å². The molecule has 0 bridgehead atoms. The van der Waals surface area contributed by atoms with Crippen LogP contribution in [0.3, 0.4) is 0 Å². The normalized spacial score (nSPS) is 15.3. The van der Waals surface area contributed by atoms with Gasteiger partial charge >= 0.3 is 0 Å². The maximum Gasteiger partial charge on any atom is 0.243 e. The summed E-state index contributed by atoms with van der Waals surface area (Å²) in [7, 11) is 1.87. The molecule has 3 aromatic heterocycles. The molecule has 2 aliphatic heterocycles. The molecule has 2 aliphatic rings. The number of aldehydes is 1. The van der Waals surface area contributed by atoms with Gasteiger partial charge in [0.1, 0.15) is 23.7 Å². The highest BCUT2D eigenvalue weighted by molar-refractivity contribution is 7.15. The lowest BCUT2D eigenvalue weighted by atomic mass is 9.95. The smallest absolute Gasteiger partial charge is 0.243 e. The van der Waals surface area contributed by atoms with Crippen LogP contribution in [0, 0.1) is 25.7 Å². The van der Waals surface area contributed by atoms with Gasteiger partial charge in [0.2, 0.25) is 11.8 Å². The number of hydrogen-bond donors (Lipinski definition) is 1. The highest BCUT2D eigenvalue weighted by atomic mass is 35.5. The zero-order valence-electron chi connectivity index (χ0n) is 29.9. The molecule has 270 valence electrons. The van der Waals surface area contributed by atoms with E-state index in [1.165, 1.54) is 0 Å². The molecular weight excluding hydrogens is 708 g/mol. The zero-order valence-corrected chi connectivity index (χ0v) is 31.4. The summed E-state index contributed by atoms with van der Waals surface area (Å²) in [5.41, 5.74) is 7.49. The van der Waals surface area contributed by atoms with Crippen LogP contribution in [0.15, 0.2) is 59.9 Å². The number of unbranched alkanes of at least 4 members (excludes halogenated alkanes) is 2. The fourth-order valence-electron chi connectivity index (χ4n) is 7.00. The number of aromatic nitrogens is 5. The molecule has 1 saturated heterocycles.